The normalized spacial score (nSPS) is 14.2. The van der Waals surface area contributed by atoms with Crippen LogP contribution < -0.4 is 0 Å². The molecule has 0 aliphatic heterocycles. The van der Waals surface area contributed by atoms with Gasteiger partial charge in [0.2, 0.25) is 0 Å². The Hall–Kier alpha value is -0.820. The summed E-state index contributed by atoms with van der Waals surface area (Å²) in [4.78, 5) is 0. The van der Waals surface area contributed by atoms with Crippen LogP contribution in [0.15, 0.2) is 30.3 Å². The monoisotopic (exact) mass is 388 g/mol. The molecule has 0 spiro atoms. The van der Waals surface area contributed by atoms with Crippen molar-refractivity contribution in [3.63, 3.8) is 0 Å². The fourth-order valence-corrected chi connectivity index (χ4v) is 4.64. The second-order valence-corrected chi connectivity index (χ2v) is 9.37. The molecule has 28 heavy (non-hydrogen) atoms. The minimum Gasteiger partial charge on any atom is -0.393 e. The lowest BCUT2D eigenvalue weighted by Crippen LogP contribution is -2.37. The average molecular weight is 389 g/mol. The van der Waals surface area contributed by atoms with E-state index in [0.717, 1.165) is 19.3 Å². The molecule has 0 amide bonds. The van der Waals surface area contributed by atoms with Crippen molar-refractivity contribution in [3.8, 4) is 0 Å². The van der Waals surface area contributed by atoms with Gasteiger partial charge in [-0.1, -0.05) is 135 Å². The van der Waals surface area contributed by atoms with Crippen molar-refractivity contribution in [2.45, 2.75) is 129 Å². The predicted molar refractivity (Wildman–Crippen MR) is 125 cm³/mol. The Balaban J connectivity index is 2.35. The third-order valence-corrected chi connectivity index (χ3v) is 6.61. The number of hydrogen-bond acceptors (Lipinski definition) is 1. The maximum atomic E-state index is 10.9. The van der Waals surface area contributed by atoms with Gasteiger partial charge < -0.3 is 5.11 Å². The van der Waals surface area contributed by atoms with E-state index in [1.54, 1.807) is 0 Å². The molecule has 0 radical (unpaired) electrons. The van der Waals surface area contributed by atoms with E-state index in [4.69, 9.17) is 0 Å². The van der Waals surface area contributed by atoms with Gasteiger partial charge in [0.25, 0.3) is 0 Å². The molecule has 1 aromatic rings. The first-order chi connectivity index (χ1) is 13.5. The molecule has 1 aromatic carbocycles. The lowest BCUT2D eigenvalue weighted by molar-refractivity contribution is 0.0521. The first-order valence-electron chi connectivity index (χ1n) is 12.3. The average Bonchev–Trinajstić information content (AvgIpc) is 2.69. The van der Waals surface area contributed by atoms with Gasteiger partial charge in [0.1, 0.15) is 0 Å². The van der Waals surface area contributed by atoms with Crippen LogP contribution in [-0.2, 0) is 5.41 Å². The largest absolute Gasteiger partial charge is 0.393 e. The summed E-state index contributed by atoms with van der Waals surface area (Å²) in [6, 6.07) is 10.8. The van der Waals surface area contributed by atoms with Gasteiger partial charge in [-0.3, -0.25) is 0 Å². The van der Waals surface area contributed by atoms with Gasteiger partial charge in [-0.2, -0.15) is 0 Å². The van der Waals surface area contributed by atoms with Crippen molar-refractivity contribution < 1.29 is 5.11 Å². The number of aliphatic hydroxyl groups excluding tert-OH is 1. The van der Waals surface area contributed by atoms with Crippen LogP contribution in [-0.4, -0.2) is 11.2 Å². The van der Waals surface area contributed by atoms with Gasteiger partial charge >= 0.3 is 0 Å². The van der Waals surface area contributed by atoms with Crippen LogP contribution >= 0.6 is 0 Å². The molecule has 2 unspecified atom stereocenters. The van der Waals surface area contributed by atoms with E-state index in [1.165, 1.54) is 76.2 Å². The summed E-state index contributed by atoms with van der Waals surface area (Å²) in [7, 11) is 0. The molecule has 0 aliphatic carbocycles. The number of aliphatic hydroxyl groups is 1. The molecule has 0 saturated heterocycles. The zero-order valence-electron chi connectivity index (χ0n) is 19.4. The molecule has 0 aliphatic rings. The Morgan fingerprint density at radius 3 is 1.68 bits per heavy atom. The molecule has 2 atom stereocenters. The molecule has 0 heterocycles. The molecule has 0 bridgehead atoms. The molecule has 1 nitrogen and oxygen atoms in total. The van der Waals surface area contributed by atoms with Crippen LogP contribution in [0.4, 0.5) is 0 Å². The minimum absolute atomic E-state index is 0.0222. The summed E-state index contributed by atoms with van der Waals surface area (Å²) in [5.41, 5.74) is 1.38. The number of hydrogen-bond donors (Lipinski definition) is 1. The van der Waals surface area contributed by atoms with Gasteiger partial charge in [0, 0.05) is 0 Å². The van der Waals surface area contributed by atoms with Crippen LogP contribution in [0.2, 0.25) is 0 Å². The molecule has 1 rings (SSSR count). The van der Waals surface area contributed by atoms with Crippen LogP contribution in [0.5, 0.6) is 0 Å². The third-order valence-electron chi connectivity index (χ3n) is 6.61. The molecule has 1 N–H and O–H groups in total. The molecular weight excluding hydrogens is 340 g/mol. The van der Waals surface area contributed by atoms with Gasteiger partial charge in [-0.05, 0) is 29.7 Å². The topological polar surface area (TPSA) is 20.2 Å². The van der Waals surface area contributed by atoms with E-state index in [2.05, 4.69) is 58.0 Å². The Labute approximate surface area is 176 Å². The van der Waals surface area contributed by atoms with Crippen LogP contribution in [0.3, 0.4) is 0 Å². The first-order valence-corrected chi connectivity index (χ1v) is 12.3. The smallest absolute Gasteiger partial charge is 0.0576 e. The van der Waals surface area contributed by atoms with Gasteiger partial charge in [0.15, 0.2) is 0 Å². The van der Waals surface area contributed by atoms with Crippen molar-refractivity contribution in [3.05, 3.63) is 35.9 Å². The Kier molecular flexibility index (Phi) is 13.6. The molecule has 0 fully saturated rings. The van der Waals surface area contributed by atoms with Crippen molar-refractivity contribution in [2.24, 2.45) is 5.92 Å². The first kappa shape index (κ1) is 25.2. The summed E-state index contributed by atoms with van der Waals surface area (Å²) in [6.45, 7) is 9.11. The molecule has 0 saturated carbocycles. The van der Waals surface area contributed by atoms with Gasteiger partial charge in [-0.15, -0.1) is 0 Å². The van der Waals surface area contributed by atoms with Crippen molar-refractivity contribution in [2.75, 3.05) is 0 Å². The van der Waals surface area contributed by atoms with Crippen LogP contribution in [0.1, 0.15) is 123 Å². The summed E-state index contributed by atoms with van der Waals surface area (Å²) in [5.74, 6) is 0.341. The predicted octanol–water partition coefficient (Wildman–Crippen LogP) is 8.44. The highest BCUT2D eigenvalue weighted by Crippen LogP contribution is 2.38. The SMILES string of the molecule is CCCCCCCCCCCCCC(C(O)CCC)C(C)(C)c1ccccc1. The molecule has 162 valence electrons. The van der Waals surface area contributed by atoms with E-state index in [-0.39, 0.29) is 11.5 Å². The summed E-state index contributed by atoms with van der Waals surface area (Å²) >= 11 is 0. The summed E-state index contributed by atoms with van der Waals surface area (Å²) in [6.07, 6.45) is 18.1. The van der Waals surface area contributed by atoms with Crippen molar-refractivity contribution in [1.29, 1.82) is 0 Å². The second kappa shape index (κ2) is 15.1. The van der Waals surface area contributed by atoms with Gasteiger partial charge in [0.05, 0.1) is 6.10 Å². The van der Waals surface area contributed by atoms with E-state index in [1.807, 2.05) is 0 Å². The molecule has 0 aromatic heterocycles. The Bertz CT molecular complexity index is 464. The lowest BCUT2D eigenvalue weighted by atomic mass is 9.68. The van der Waals surface area contributed by atoms with E-state index in [0.29, 0.717) is 5.92 Å². The molecular formula is C27H48O. The fourth-order valence-electron chi connectivity index (χ4n) is 4.64. The summed E-state index contributed by atoms with van der Waals surface area (Å²) in [5, 5.41) is 10.9. The van der Waals surface area contributed by atoms with E-state index >= 15 is 0 Å². The maximum Gasteiger partial charge on any atom is 0.0576 e. The summed E-state index contributed by atoms with van der Waals surface area (Å²) < 4.78 is 0. The van der Waals surface area contributed by atoms with Crippen LogP contribution in [0, 0.1) is 5.92 Å². The highest BCUT2D eigenvalue weighted by Gasteiger charge is 2.35. The maximum absolute atomic E-state index is 10.9. The highest BCUT2D eigenvalue weighted by molar-refractivity contribution is 5.25. The van der Waals surface area contributed by atoms with Crippen LogP contribution in [0.25, 0.3) is 0 Å². The molecule has 1 heteroatoms. The fraction of sp³-hybridized carbons (Fsp3) is 0.778. The standard InChI is InChI=1S/C27H48O/c1-5-7-8-9-10-11-12-13-14-15-19-23-25(26(28)20-6-2)27(3,4)24-21-17-16-18-22-24/h16-18,21-22,25-26,28H,5-15,19-20,23H2,1-4H3. The third kappa shape index (κ3) is 9.59. The Morgan fingerprint density at radius 2 is 1.18 bits per heavy atom. The second-order valence-electron chi connectivity index (χ2n) is 9.37. The highest BCUT2D eigenvalue weighted by atomic mass is 16.3. The van der Waals surface area contributed by atoms with E-state index in [9.17, 15) is 5.11 Å². The number of rotatable bonds is 17. The number of unbranched alkanes of at least 4 members (excludes halogenated alkanes) is 10. The zero-order chi connectivity index (χ0) is 20.7. The lowest BCUT2D eigenvalue weighted by Gasteiger charge is -2.38. The quantitative estimate of drug-likeness (QED) is 0.265. The minimum atomic E-state index is -0.191. The van der Waals surface area contributed by atoms with E-state index < -0.39 is 0 Å². The van der Waals surface area contributed by atoms with Gasteiger partial charge in [-0.25, -0.2) is 0 Å². The van der Waals surface area contributed by atoms with Crippen molar-refractivity contribution in [1.82, 2.24) is 0 Å². The zero-order valence-corrected chi connectivity index (χ0v) is 19.4. The Morgan fingerprint density at radius 1 is 0.679 bits per heavy atom. The number of benzene rings is 1. The van der Waals surface area contributed by atoms with Crippen molar-refractivity contribution >= 4 is 0 Å².